The zero-order chi connectivity index (χ0) is 10.1. The highest BCUT2D eigenvalue weighted by Crippen LogP contribution is 2.04. The molecule has 0 aliphatic rings. The van der Waals surface area contributed by atoms with Crippen molar-refractivity contribution in [2.75, 3.05) is 5.32 Å². The number of aliphatic hydroxyl groups is 2. The van der Waals surface area contributed by atoms with Crippen molar-refractivity contribution < 1.29 is 19.0 Å². The molecule has 13 heavy (non-hydrogen) atoms. The SMILES string of the molecule is CC(O)(O)Nc1nc(F)nc(F)n1. The van der Waals surface area contributed by atoms with Crippen LogP contribution in [0.25, 0.3) is 0 Å². The van der Waals surface area contributed by atoms with Crippen molar-refractivity contribution in [1.82, 2.24) is 15.0 Å². The van der Waals surface area contributed by atoms with Crippen LogP contribution in [0.15, 0.2) is 0 Å². The molecule has 1 heterocycles. The van der Waals surface area contributed by atoms with Crippen LogP contribution in [0.2, 0.25) is 0 Å². The fourth-order valence-electron chi connectivity index (χ4n) is 0.594. The summed E-state index contributed by atoms with van der Waals surface area (Å²) in [4.78, 5) is 8.52. The number of rotatable bonds is 2. The van der Waals surface area contributed by atoms with Crippen molar-refractivity contribution in [3.05, 3.63) is 12.2 Å². The lowest BCUT2D eigenvalue weighted by Crippen LogP contribution is -2.34. The van der Waals surface area contributed by atoms with Crippen LogP contribution in [0.3, 0.4) is 0 Å². The third kappa shape index (κ3) is 3.22. The molecule has 6 nitrogen and oxygen atoms in total. The number of nitrogens with one attached hydrogen (secondary N) is 1. The molecule has 0 aliphatic carbocycles. The largest absolute Gasteiger partial charge is 0.349 e. The van der Waals surface area contributed by atoms with E-state index >= 15 is 0 Å². The first kappa shape index (κ1) is 9.68. The minimum absolute atomic E-state index is 0.600. The number of aromatic nitrogens is 3. The molecule has 0 atom stereocenters. The van der Waals surface area contributed by atoms with Gasteiger partial charge >= 0.3 is 12.2 Å². The Kier molecular flexibility index (Phi) is 2.34. The summed E-state index contributed by atoms with van der Waals surface area (Å²) in [5, 5.41) is 19.3. The van der Waals surface area contributed by atoms with Crippen molar-refractivity contribution in [2.45, 2.75) is 12.8 Å². The Morgan fingerprint density at radius 3 is 2.00 bits per heavy atom. The summed E-state index contributed by atoms with van der Waals surface area (Å²) < 4.78 is 24.6. The monoisotopic (exact) mass is 192 g/mol. The molecule has 0 aromatic carbocycles. The maximum absolute atomic E-state index is 12.3. The first-order chi connectivity index (χ1) is 5.87. The molecule has 0 saturated carbocycles. The highest BCUT2D eigenvalue weighted by atomic mass is 19.1. The van der Waals surface area contributed by atoms with E-state index in [2.05, 4.69) is 15.0 Å². The second-order valence-electron chi connectivity index (χ2n) is 2.34. The topological polar surface area (TPSA) is 91.2 Å². The minimum atomic E-state index is -2.35. The van der Waals surface area contributed by atoms with E-state index in [-0.39, 0.29) is 0 Å². The standard InChI is InChI=1S/C5H6F2N4O2/c1-5(12,13)11-4-9-2(6)8-3(7)10-4/h12-13H,1H3,(H,8,9,10,11). The van der Waals surface area contributed by atoms with Gasteiger partial charge in [0.25, 0.3) is 0 Å². The van der Waals surface area contributed by atoms with Gasteiger partial charge in [-0.05, 0) is 0 Å². The van der Waals surface area contributed by atoms with Crippen molar-refractivity contribution >= 4 is 5.95 Å². The molecule has 8 heteroatoms. The van der Waals surface area contributed by atoms with E-state index in [1.54, 1.807) is 0 Å². The summed E-state index contributed by atoms with van der Waals surface area (Å²) in [6.45, 7) is 0.937. The Hall–Kier alpha value is -1.41. The van der Waals surface area contributed by atoms with Crippen molar-refractivity contribution in [2.24, 2.45) is 0 Å². The van der Waals surface area contributed by atoms with Gasteiger partial charge < -0.3 is 15.5 Å². The molecule has 1 aromatic rings. The lowest BCUT2D eigenvalue weighted by atomic mass is 10.6. The lowest BCUT2D eigenvalue weighted by Gasteiger charge is -2.16. The second kappa shape index (κ2) is 3.15. The highest BCUT2D eigenvalue weighted by Gasteiger charge is 2.17. The zero-order valence-corrected chi connectivity index (χ0v) is 6.49. The molecular weight excluding hydrogens is 186 g/mol. The summed E-state index contributed by atoms with van der Waals surface area (Å²) in [6, 6.07) is 0. The van der Waals surface area contributed by atoms with E-state index in [0.29, 0.717) is 0 Å². The first-order valence-electron chi connectivity index (χ1n) is 3.17. The Morgan fingerprint density at radius 2 is 1.62 bits per heavy atom. The smallest absolute Gasteiger partial charge is 0.315 e. The van der Waals surface area contributed by atoms with Crippen LogP contribution in [0.1, 0.15) is 6.92 Å². The lowest BCUT2D eigenvalue weighted by molar-refractivity contribution is -0.119. The maximum Gasteiger partial charge on any atom is 0.315 e. The number of hydrogen-bond donors (Lipinski definition) is 3. The van der Waals surface area contributed by atoms with Crippen LogP contribution in [0.4, 0.5) is 14.7 Å². The van der Waals surface area contributed by atoms with E-state index in [0.717, 1.165) is 6.92 Å². The van der Waals surface area contributed by atoms with Gasteiger partial charge in [0.1, 0.15) is 0 Å². The van der Waals surface area contributed by atoms with Gasteiger partial charge in [0.2, 0.25) is 11.9 Å². The Balaban J connectivity index is 2.90. The summed E-state index contributed by atoms with van der Waals surface area (Å²) >= 11 is 0. The number of nitrogens with zero attached hydrogens (tertiary/aromatic N) is 3. The molecule has 1 aromatic heterocycles. The fraction of sp³-hybridized carbons (Fsp3) is 0.400. The highest BCUT2D eigenvalue weighted by molar-refractivity contribution is 5.22. The first-order valence-corrected chi connectivity index (χ1v) is 3.17. The van der Waals surface area contributed by atoms with Gasteiger partial charge in [-0.15, -0.1) is 0 Å². The molecule has 1 rings (SSSR count). The van der Waals surface area contributed by atoms with Gasteiger partial charge in [0, 0.05) is 6.92 Å². The van der Waals surface area contributed by atoms with Crippen molar-refractivity contribution in [1.29, 1.82) is 0 Å². The average Bonchev–Trinajstić information content (AvgIpc) is 1.78. The van der Waals surface area contributed by atoms with Crippen LogP contribution < -0.4 is 5.32 Å². The van der Waals surface area contributed by atoms with Gasteiger partial charge in [-0.25, -0.2) is 0 Å². The van der Waals surface area contributed by atoms with Crippen molar-refractivity contribution in [3.63, 3.8) is 0 Å². The molecule has 0 saturated heterocycles. The quantitative estimate of drug-likeness (QED) is 0.532. The molecular formula is C5H6F2N4O2. The number of anilines is 1. The summed E-state index contributed by atoms with van der Waals surface area (Å²) in [5.74, 6) is -2.95. The van der Waals surface area contributed by atoms with E-state index < -0.39 is 24.0 Å². The van der Waals surface area contributed by atoms with Gasteiger partial charge in [-0.1, -0.05) is 0 Å². The van der Waals surface area contributed by atoms with E-state index in [4.69, 9.17) is 10.2 Å². The Morgan fingerprint density at radius 1 is 1.15 bits per heavy atom. The number of halogens is 2. The molecule has 0 bridgehead atoms. The second-order valence-corrected chi connectivity index (χ2v) is 2.34. The van der Waals surface area contributed by atoms with Crippen LogP contribution >= 0.6 is 0 Å². The predicted octanol–water partition coefficient (Wildman–Crippen LogP) is -0.780. The van der Waals surface area contributed by atoms with Crippen LogP contribution in [-0.2, 0) is 0 Å². The van der Waals surface area contributed by atoms with Gasteiger partial charge in [0.15, 0.2) is 0 Å². The third-order valence-electron chi connectivity index (χ3n) is 0.929. The average molecular weight is 192 g/mol. The summed E-state index contributed by atoms with van der Waals surface area (Å²) in [7, 11) is 0. The van der Waals surface area contributed by atoms with Crippen LogP contribution in [-0.4, -0.2) is 31.1 Å². The van der Waals surface area contributed by atoms with Gasteiger partial charge in [-0.3, -0.25) is 0 Å². The van der Waals surface area contributed by atoms with E-state index in [9.17, 15) is 8.78 Å². The van der Waals surface area contributed by atoms with Crippen molar-refractivity contribution in [3.8, 4) is 0 Å². The Labute approximate surface area is 71.3 Å². The van der Waals surface area contributed by atoms with Crippen LogP contribution in [0.5, 0.6) is 0 Å². The summed E-state index contributed by atoms with van der Waals surface area (Å²) in [5.41, 5.74) is 0. The van der Waals surface area contributed by atoms with E-state index in [1.807, 2.05) is 5.32 Å². The van der Waals surface area contributed by atoms with Gasteiger partial charge in [0.05, 0.1) is 0 Å². The molecule has 0 spiro atoms. The minimum Gasteiger partial charge on any atom is -0.349 e. The summed E-state index contributed by atoms with van der Waals surface area (Å²) in [6.07, 6.45) is -2.70. The van der Waals surface area contributed by atoms with E-state index in [1.165, 1.54) is 0 Å². The molecule has 0 amide bonds. The molecule has 0 fully saturated rings. The molecule has 0 unspecified atom stereocenters. The fourth-order valence-corrected chi connectivity index (χ4v) is 0.594. The molecule has 0 radical (unpaired) electrons. The predicted molar refractivity (Wildman–Crippen MR) is 36.2 cm³/mol. The molecule has 0 aliphatic heterocycles. The van der Waals surface area contributed by atoms with Crippen LogP contribution in [0, 0.1) is 12.2 Å². The third-order valence-corrected chi connectivity index (χ3v) is 0.929. The van der Waals surface area contributed by atoms with Gasteiger partial charge in [-0.2, -0.15) is 23.7 Å². The normalized spacial score (nSPS) is 11.5. The number of hydrogen-bond acceptors (Lipinski definition) is 6. The Bertz CT molecular complexity index is 294. The molecule has 3 N–H and O–H groups in total. The zero-order valence-electron chi connectivity index (χ0n) is 6.49. The molecule has 72 valence electrons. The maximum atomic E-state index is 12.3.